The van der Waals surface area contributed by atoms with Crippen LogP contribution in [0.25, 0.3) is 0 Å². The summed E-state index contributed by atoms with van der Waals surface area (Å²) in [5, 5.41) is 1.42. The fourth-order valence-corrected chi connectivity index (χ4v) is 6.40. The molecule has 0 atom stereocenters. The van der Waals surface area contributed by atoms with E-state index in [9.17, 15) is 16.8 Å². The van der Waals surface area contributed by atoms with Gasteiger partial charge in [0.15, 0.2) is 0 Å². The standard InChI is InChI=1S/C10H9NO4S3/c12-17(13,8-9-4-2-1-3-5-9)18(14,15)10-11-6-7-16-10/h1-7H,8H2. The minimum absolute atomic E-state index is 0.390. The van der Waals surface area contributed by atoms with Gasteiger partial charge in [-0.2, -0.15) is 0 Å². The maximum atomic E-state index is 11.9. The smallest absolute Gasteiger partial charge is 0.233 e. The molecule has 2 rings (SSSR count). The average molecular weight is 303 g/mol. The van der Waals surface area contributed by atoms with Gasteiger partial charge in [-0.3, -0.25) is 0 Å². The molecule has 1 aromatic heterocycles. The maximum absolute atomic E-state index is 11.9. The Labute approximate surface area is 108 Å². The van der Waals surface area contributed by atoms with Crippen molar-refractivity contribution in [1.82, 2.24) is 4.98 Å². The van der Waals surface area contributed by atoms with Gasteiger partial charge >= 0.3 is 8.87 Å². The van der Waals surface area contributed by atoms with Crippen molar-refractivity contribution in [1.29, 1.82) is 0 Å². The minimum atomic E-state index is -4.41. The molecule has 1 heterocycles. The summed E-state index contributed by atoms with van der Waals surface area (Å²) in [6.45, 7) is 0. The molecule has 0 N–H and O–H groups in total. The molecule has 0 radical (unpaired) electrons. The second-order valence-corrected chi connectivity index (χ2v) is 10.1. The Bertz CT molecular complexity index is 719. The molecule has 0 saturated carbocycles. The number of nitrogens with zero attached hydrogens (tertiary/aromatic N) is 1. The van der Waals surface area contributed by atoms with Crippen molar-refractivity contribution in [3.8, 4) is 0 Å². The van der Waals surface area contributed by atoms with E-state index in [1.54, 1.807) is 30.3 Å². The lowest BCUT2D eigenvalue weighted by atomic mass is 10.2. The first-order valence-corrected chi connectivity index (χ1v) is 9.38. The van der Waals surface area contributed by atoms with Crippen molar-refractivity contribution in [2.24, 2.45) is 0 Å². The lowest BCUT2D eigenvalue weighted by Gasteiger charge is -2.03. The van der Waals surface area contributed by atoms with Crippen LogP contribution in [-0.2, 0) is 23.5 Å². The van der Waals surface area contributed by atoms with Gasteiger partial charge in [-0.15, -0.1) is 11.3 Å². The lowest BCUT2D eigenvalue weighted by molar-refractivity contribution is 0.581. The van der Waals surface area contributed by atoms with Crippen molar-refractivity contribution in [2.75, 3.05) is 0 Å². The summed E-state index contributed by atoms with van der Waals surface area (Å²) < 4.78 is 47.2. The number of hydrogen-bond acceptors (Lipinski definition) is 6. The first-order valence-electron chi connectivity index (χ1n) is 4.85. The molecule has 0 unspecified atom stereocenters. The van der Waals surface area contributed by atoms with Crippen LogP contribution >= 0.6 is 11.3 Å². The fourth-order valence-electron chi connectivity index (χ4n) is 1.30. The summed E-state index contributed by atoms with van der Waals surface area (Å²) in [7, 11) is -8.73. The molecule has 2 aromatic rings. The topological polar surface area (TPSA) is 81.2 Å². The highest BCUT2D eigenvalue weighted by Crippen LogP contribution is 2.22. The zero-order valence-electron chi connectivity index (χ0n) is 9.05. The Hall–Kier alpha value is -1.25. The Kier molecular flexibility index (Phi) is 3.51. The van der Waals surface area contributed by atoms with E-state index in [0.717, 1.165) is 11.3 Å². The normalized spacial score (nSPS) is 12.4. The summed E-state index contributed by atoms with van der Waals surface area (Å²) >= 11 is 0.789. The van der Waals surface area contributed by atoms with E-state index < -0.39 is 27.8 Å². The van der Waals surface area contributed by atoms with Gasteiger partial charge < -0.3 is 0 Å². The van der Waals surface area contributed by atoms with Gasteiger partial charge in [0.1, 0.15) is 0 Å². The largest absolute Gasteiger partial charge is 0.309 e. The molecule has 18 heavy (non-hydrogen) atoms. The summed E-state index contributed by atoms with van der Waals surface area (Å²) in [6.07, 6.45) is 1.26. The summed E-state index contributed by atoms with van der Waals surface area (Å²) in [5.41, 5.74) is 0.428. The third-order valence-corrected chi connectivity index (χ3v) is 8.69. The highest BCUT2D eigenvalue weighted by molar-refractivity contribution is 8.67. The summed E-state index contributed by atoms with van der Waals surface area (Å²) in [6, 6.07) is 8.16. The van der Waals surface area contributed by atoms with Gasteiger partial charge in [-0.1, -0.05) is 30.3 Å². The fraction of sp³-hybridized carbons (Fsp3) is 0.100. The molecule has 0 amide bonds. The van der Waals surface area contributed by atoms with Gasteiger partial charge in [-0.25, -0.2) is 21.8 Å². The Morgan fingerprint density at radius 1 is 1.06 bits per heavy atom. The van der Waals surface area contributed by atoms with Crippen LogP contribution in [0.1, 0.15) is 5.56 Å². The van der Waals surface area contributed by atoms with Crippen molar-refractivity contribution >= 4 is 29.1 Å². The third-order valence-electron chi connectivity index (χ3n) is 2.14. The molecule has 0 aliphatic rings. The molecule has 0 aliphatic heterocycles. The van der Waals surface area contributed by atoms with Crippen molar-refractivity contribution in [2.45, 2.75) is 10.1 Å². The first kappa shape index (κ1) is 13.2. The summed E-state index contributed by atoms with van der Waals surface area (Å²) in [4.78, 5) is 3.55. The van der Waals surface area contributed by atoms with Crippen LogP contribution in [0.2, 0.25) is 0 Å². The zero-order valence-corrected chi connectivity index (χ0v) is 11.5. The van der Waals surface area contributed by atoms with Crippen LogP contribution in [0.4, 0.5) is 0 Å². The van der Waals surface area contributed by atoms with Crippen molar-refractivity contribution in [3.63, 3.8) is 0 Å². The molecule has 96 valence electrons. The average Bonchev–Trinajstić information content (AvgIpc) is 2.83. The lowest BCUT2D eigenvalue weighted by Crippen LogP contribution is -2.17. The molecule has 0 saturated heterocycles. The highest BCUT2D eigenvalue weighted by Gasteiger charge is 2.34. The van der Waals surface area contributed by atoms with Crippen molar-refractivity contribution < 1.29 is 16.8 Å². The zero-order chi connectivity index (χ0) is 13.2. The molecule has 0 spiro atoms. The maximum Gasteiger partial charge on any atom is 0.309 e. The Balaban J connectivity index is 2.39. The van der Waals surface area contributed by atoms with E-state index in [1.165, 1.54) is 11.6 Å². The number of benzene rings is 1. The monoisotopic (exact) mass is 303 g/mol. The molecule has 0 aliphatic carbocycles. The van der Waals surface area contributed by atoms with Gasteiger partial charge in [0.05, 0.1) is 5.75 Å². The van der Waals surface area contributed by atoms with Crippen LogP contribution in [0.3, 0.4) is 0 Å². The molecule has 0 fully saturated rings. The highest BCUT2D eigenvalue weighted by atomic mass is 33.2. The molecule has 0 bridgehead atoms. The van der Waals surface area contributed by atoms with Gasteiger partial charge in [0.25, 0.3) is 8.87 Å². The van der Waals surface area contributed by atoms with Gasteiger partial charge in [0.2, 0.25) is 4.34 Å². The second kappa shape index (κ2) is 4.79. The summed E-state index contributed by atoms with van der Waals surface area (Å²) in [5.74, 6) is -0.546. The quantitative estimate of drug-likeness (QED) is 0.798. The van der Waals surface area contributed by atoms with E-state index in [0.29, 0.717) is 5.56 Å². The van der Waals surface area contributed by atoms with Crippen LogP contribution in [0, 0.1) is 0 Å². The number of aromatic nitrogens is 1. The second-order valence-electron chi connectivity index (χ2n) is 3.44. The Morgan fingerprint density at radius 2 is 1.72 bits per heavy atom. The Morgan fingerprint density at radius 3 is 2.28 bits per heavy atom. The third kappa shape index (κ3) is 2.45. The molecule has 1 aromatic carbocycles. The predicted molar refractivity (Wildman–Crippen MR) is 68.4 cm³/mol. The van der Waals surface area contributed by atoms with E-state index in [-0.39, 0.29) is 0 Å². The van der Waals surface area contributed by atoms with Crippen LogP contribution in [0.5, 0.6) is 0 Å². The molecular weight excluding hydrogens is 294 g/mol. The van der Waals surface area contributed by atoms with Crippen LogP contribution in [-0.4, -0.2) is 21.8 Å². The van der Waals surface area contributed by atoms with Crippen molar-refractivity contribution in [3.05, 3.63) is 47.5 Å². The number of rotatable bonds is 4. The van der Waals surface area contributed by atoms with Crippen LogP contribution in [0.15, 0.2) is 46.2 Å². The molecular formula is C10H9NO4S3. The predicted octanol–water partition coefficient (Wildman–Crippen LogP) is 1.45. The van der Waals surface area contributed by atoms with Crippen LogP contribution < -0.4 is 0 Å². The van der Waals surface area contributed by atoms with E-state index in [2.05, 4.69) is 4.98 Å². The van der Waals surface area contributed by atoms with Gasteiger partial charge in [-0.05, 0) is 5.56 Å². The molecule has 8 heteroatoms. The molecule has 5 nitrogen and oxygen atoms in total. The number of hydrogen-bond donors (Lipinski definition) is 0. The SMILES string of the molecule is O=S(=O)(Cc1ccccc1)S(=O)(=O)c1nccs1. The number of thiazole rings is 1. The van der Waals surface area contributed by atoms with E-state index in [1.807, 2.05) is 0 Å². The first-order chi connectivity index (χ1) is 8.43. The van der Waals surface area contributed by atoms with Gasteiger partial charge in [0, 0.05) is 11.6 Å². The van der Waals surface area contributed by atoms with E-state index in [4.69, 9.17) is 0 Å². The van der Waals surface area contributed by atoms with E-state index >= 15 is 0 Å². The minimum Gasteiger partial charge on any atom is -0.233 e.